The zero-order chi connectivity index (χ0) is 35.0. The van der Waals surface area contributed by atoms with Crippen molar-refractivity contribution in [2.45, 2.75) is 47.3 Å². The first-order valence-electron chi connectivity index (χ1n) is 15.1. The number of nitrogens with one attached hydrogen (secondary N) is 2. The standard InChI is InChI=1S/C32H32N12O4S.ClH/c1-5-44-23(11-17(3)41-44)29(47)39-31-37-21-12-19(26(33)45)10-16(2)25(21)42(31)8-6-7-9-43-28-22(13-20(14-36-28)27(34)46)38-32(43)40-30(48)24-15-35-18(4)49-24;/h6-7,10-15H,5,8-9H2,1-4H3,(H2,33,45)(H2,34,46)(H,37,39,47)(H,38,40,48);1H/b7-6+;. The van der Waals surface area contributed by atoms with Crippen LogP contribution in [0.4, 0.5) is 11.9 Å². The Morgan fingerprint density at radius 2 is 1.46 bits per heavy atom. The summed E-state index contributed by atoms with van der Waals surface area (Å²) in [5.41, 5.74) is 15.3. The summed E-state index contributed by atoms with van der Waals surface area (Å²) in [4.78, 5) is 68.4. The molecule has 18 heteroatoms. The number of fused-ring (bicyclic) bond motifs is 2. The summed E-state index contributed by atoms with van der Waals surface area (Å²) in [6.45, 7) is 8.34. The topological polar surface area (TPSA) is 224 Å². The molecule has 4 amide bonds. The van der Waals surface area contributed by atoms with E-state index in [9.17, 15) is 19.2 Å². The number of aromatic nitrogens is 8. The molecule has 258 valence electrons. The van der Waals surface area contributed by atoms with E-state index in [0.29, 0.717) is 50.6 Å². The van der Waals surface area contributed by atoms with Crippen molar-refractivity contribution in [1.82, 2.24) is 38.9 Å². The molecule has 16 nitrogen and oxygen atoms in total. The van der Waals surface area contributed by atoms with Crippen molar-refractivity contribution < 1.29 is 19.2 Å². The van der Waals surface area contributed by atoms with E-state index in [4.69, 9.17) is 11.5 Å². The molecule has 6 N–H and O–H groups in total. The van der Waals surface area contributed by atoms with Crippen molar-refractivity contribution in [3.63, 3.8) is 0 Å². The maximum absolute atomic E-state index is 13.4. The third-order valence-electron chi connectivity index (χ3n) is 7.66. The number of primary amides is 2. The van der Waals surface area contributed by atoms with Gasteiger partial charge in [-0.25, -0.2) is 19.9 Å². The van der Waals surface area contributed by atoms with E-state index in [1.54, 1.807) is 34.4 Å². The zero-order valence-corrected chi connectivity index (χ0v) is 29.1. The summed E-state index contributed by atoms with van der Waals surface area (Å²) in [5, 5.41) is 10.8. The molecule has 50 heavy (non-hydrogen) atoms. The summed E-state index contributed by atoms with van der Waals surface area (Å²) >= 11 is 1.25. The molecule has 0 aliphatic carbocycles. The summed E-state index contributed by atoms with van der Waals surface area (Å²) in [6.07, 6.45) is 6.55. The minimum atomic E-state index is -0.655. The molecule has 0 fully saturated rings. The number of allylic oxidation sites excluding steroid dienone is 2. The lowest BCUT2D eigenvalue weighted by Gasteiger charge is -2.11. The highest BCUT2D eigenvalue weighted by molar-refractivity contribution is 7.13. The number of rotatable bonds is 11. The molecular weight excluding hydrogens is 684 g/mol. The van der Waals surface area contributed by atoms with Crippen molar-refractivity contribution in [3.8, 4) is 0 Å². The van der Waals surface area contributed by atoms with Crippen LogP contribution in [-0.4, -0.2) is 62.5 Å². The Balaban J connectivity index is 0.00000486. The van der Waals surface area contributed by atoms with Gasteiger partial charge in [0.25, 0.3) is 11.8 Å². The van der Waals surface area contributed by atoms with Crippen LogP contribution in [0.5, 0.6) is 0 Å². The fraction of sp³-hybridized carbons (Fsp3) is 0.219. The van der Waals surface area contributed by atoms with Gasteiger partial charge in [-0.3, -0.25) is 39.1 Å². The van der Waals surface area contributed by atoms with Crippen LogP contribution in [0.25, 0.3) is 22.2 Å². The molecule has 0 saturated heterocycles. The Bertz CT molecular complexity index is 2330. The molecular formula is C32H33ClN12O4S. The molecule has 0 aliphatic heterocycles. The molecule has 0 unspecified atom stereocenters. The van der Waals surface area contributed by atoms with E-state index in [1.165, 1.54) is 29.8 Å². The first kappa shape index (κ1) is 35.4. The fourth-order valence-electron chi connectivity index (χ4n) is 5.43. The lowest BCUT2D eigenvalue weighted by atomic mass is 10.1. The lowest BCUT2D eigenvalue weighted by molar-refractivity contribution is 0.0991. The van der Waals surface area contributed by atoms with Crippen LogP contribution in [0, 0.1) is 20.8 Å². The second kappa shape index (κ2) is 14.3. The quantitative estimate of drug-likeness (QED) is 0.143. The highest BCUT2D eigenvalue weighted by atomic mass is 35.5. The Morgan fingerprint density at radius 3 is 2.12 bits per heavy atom. The van der Waals surface area contributed by atoms with Gasteiger partial charge in [0.1, 0.15) is 16.1 Å². The van der Waals surface area contributed by atoms with Gasteiger partial charge in [0.05, 0.1) is 33.5 Å². The molecule has 0 spiro atoms. The molecule has 0 radical (unpaired) electrons. The number of pyridine rings is 1. The van der Waals surface area contributed by atoms with Crippen LogP contribution >= 0.6 is 23.7 Å². The third-order valence-corrected chi connectivity index (χ3v) is 8.57. The number of hydrogen-bond acceptors (Lipinski definition) is 10. The minimum Gasteiger partial charge on any atom is -0.366 e. The molecule has 6 aromatic rings. The average molecular weight is 717 g/mol. The number of carbonyl (C=O) groups excluding carboxylic acids is 4. The Morgan fingerprint density at radius 1 is 0.820 bits per heavy atom. The van der Waals surface area contributed by atoms with Crippen LogP contribution in [0.2, 0.25) is 0 Å². The number of nitrogens with zero attached hydrogens (tertiary/aromatic N) is 8. The number of halogens is 1. The van der Waals surface area contributed by atoms with Crippen LogP contribution in [0.3, 0.4) is 0 Å². The van der Waals surface area contributed by atoms with Gasteiger partial charge >= 0.3 is 0 Å². The number of amides is 4. The molecule has 1 aromatic carbocycles. The number of hydrogen-bond donors (Lipinski definition) is 4. The molecule has 0 saturated carbocycles. The monoisotopic (exact) mass is 716 g/mol. The van der Waals surface area contributed by atoms with E-state index in [-0.39, 0.29) is 43.0 Å². The van der Waals surface area contributed by atoms with Crippen molar-refractivity contribution in [3.05, 3.63) is 86.8 Å². The van der Waals surface area contributed by atoms with E-state index in [0.717, 1.165) is 10.6 Å². The molecule has 5 aromatic heterocycles. The lowest BCUT2D eigenvalue weighted by Crippen LogP contribution is -2.20. The SMILES string of the molecule is CCn1nc(C)cc1C(=O)Nc1nc2cc(C(N)=O)cc(C)c2n1C/C=C/Cn1c(NC(=O)c2cnc(C)s2)nc2cc(C(N)=O)cnc21.Cl. The van der Waals surface area contributed by atoms with E-state index in [1.807, 2.05) is 37.5 Å². The Hall–Kier alpha value is -5.94. The van der Waals surface area contributed by atoms with Crippen LogP contribution in [-0.2, 0) is 19.6 Å². The second-order valence-electron chi connectivity index (χ2n) is 11.2. The van der Waals surface area contributed by atoms with Crippen LogP contribution in [0.15, 0.2) is 48.8 Å². The highest BCUT2D eigenvalue weighted by Crippen LogP contribution is 2.26. The third kappa shape index (κ3) is 6.94. The van der Waals surface area contributed by atoms with Gasteiger partial charge in [0, 0.05) is 31.4 Å². The molecule has 0 atom stereocenters. The van der Waals surface area contributed by atoms with Gasteiger partial charge in [0.15, 0.2) is 5.65 Å². The summed E-state index contributed by atoms with van der Waals surface area (Å²) in [7, 11) is 0. The second-order valence-corrected chi connectivity index (χ2v) is 12.4. The van der Waals surface area contributed by atoms with Gasteiger partial charge in [-0.2, -0.15) is 5.10 Å². The van der Waals surface area contributed by atoms with E-state index < -0.39 is 23.6 Å². The maximum atomic E-state index is 13.4. The zero-order valence-electron chi connectivity index (χ0n) is 27.4. The number of aryl methyl sites for hydroxylation is 4. The van der Waals surface area contributed by atoms with Gasteiger partial charge in [0.2, 0.25) is 23.7 Å². The molecule has 5 heterocycles. The van der Waals surface area contributed by atoms with Gasteiger partial charge < -0.3 is 16.0 Å². The van der Waals surface area contributed by atoms with Crippen LogP contribution < -0.4 is 22.1 Å². The van der Waals surface area contributed by atoms with Crippen molar-refractivity contribution in [1.29, 1.82) is 0 Å². The smallest absolute Gasteiger partial charge is 0.276 e. The highest BCUT2D eigenvalue weighted by Gasteiger charge is 2.21. The fourth-order valence-corrected chi connectivity index (χ4v) is 6.10. The van der Waals surface area contributed by atoms with Crippen molar-refractivity contribution in [2.24, 2.45) is 11.5 Å². The number of anilines is 2. The number of thiazole rings is 1. The number of benzene rings is 1. The predicted octanol–water partition coefficient (Wildman–Crippen LogP) is 3.76. The Kier molecular flexibility index (Phi) is 10.1. The van der Waals surface area contributed by atoms with E-state index >= 15 is 0 Å². The normalized spacial score (nSPS) is 11.3. The molecule has 0 aliphatic rings. The summed E-state index contributed by atoms with van der Waals surface area (Å²) in [6, 6.07) is 6.48. The largest absolute Gasteiger partial charge is 0.366 e. The first-order valence-corrected chi connectivity index (χ1v) is 16.0. The predicted molar refractivity (Wildman–Crippen MR) is 191 cm³/mol. The number of imidazole rings is 2. The molecule has 6 rings (SSSR count). The van der Waals surface area contributed by atoms with Crippen LogP contribution in [0.1, 0.15) is 64.1 Å². The minimum absolute atomic E-state index is 0. The van der Waals surface area contributed by atoms with Gasteiger partial charge in [-0.05, 0) is 57.5 Å². The van der Waals surface area contributed by atoms with Gasteiger partial charge in [-0.1, -0.05) is 12.2 Å². The van der Waals surface area contributed by atoms with Crippen molar-refractivity contribution in [2.75, 3.05) is 10.6 Å². The number of nitrogens with two attached hydrogens (primary N) is 2. The summed E-state index contributed by atoms with van der Waals surface area (Å²) in [5.74, 6) is -1.56. The van der Waals surface area contributed by atoms with Gasteiger partial charge in [-0.15, -0.1) is 23.7 Å². The first-order chi connectivity index (χ1) is 23.4. The van der Waals surface area contributed by atoms with E-state index in [2.05, 4.69) is 35.7 Å². The average Bonchev–Trinajstić information content (AvgIpc) is 3.83. The Labute approximate surface area is 295 Å². The molecule has 0 bridgehead atoms. The van der Waals surface area contributed by atoms with Crippen molar-refractivity contribution >= 4 is 81.5 Å². The summed E-state index contributed by atoms with van der Waals surface area (Å²) < 4.78 is 5.12. The maximum Gasteiger partial charge on any atom is 0.276 e. The number of carbonyl (C=O) groups is 4.